The lowest BCUT2D eigenvalue weighted by Gasteiger charge is -2.35. The Hall–Kier alpha value is -1.08. The van der Waals surface area contributed by atoms with E-state index in [1.165, 1.54) is 25.7 Å². The molecule has 1 heteroatoms. The number of nitrogens with two attached hydrogens (primary N) is 1. The van der Waals surface area contributed by atoms with Crippen LogP contribution in [-0.4, -0.2) is 5.54 Å². The molecular formula is C22H37N. The van der Waals surface area contributed by atoms with E-state index in [1.807, 2.05) is 6.92 Å². The lowest BCUT2D eigenvalue weighted by atomic mass is 9.75. The molecule has 0 aromatic rings. The molecule has 0 spiro atoms. The van der Waals surface area contributed by atoms with Crippen LogP contribution in [0.2, 0.25) is 0 Å². The van der Waals surface area contributed by atoms with E-state index in [1.54, 1.807) is 22.8 Å². The first kappa shape index (κ1) is 20.0. The third-order valence-electron chi connectivity index (χ3n) is 5.00. The molecule has 130 valence electrons. The SMILES string of the molecule is C=CC.CC/C=C(\CC)C1=CCC(N)(CC2CC=C(C)C2)CC1. The highest BCUT2D eigenvalue weighted by atomic mass is 14.7. The molecule has 0 aromatic heterocycles. The fourth-order valence-electron chi connectivity index (χ4n) is 3.86. The quantitative estimate of drug-likeness (QED) is 0.577. The van der Waals surface area contributed by atoms with Gasteiger partial charge in [-0.3, -0.25) is 0 Å². The molecule has 2 atom stereocenters. The highest BCUT2D eigenvalue weighted by Gasteiger charge is 2.31. The van der Waals surface area contributed by atoms with Gasteiger partial charge in [0.25, 0.3) is 0 Å². The molecule has 0 aromatic carbocycles. The predicted octanol–water partition coefficient (Wildman–Crippen LogP) is 6.48. The number of hydrogen-bond acceptors (Lipinski definition) is 1. The molecule has 0 bridgehead atoms. The molecule has 23 heavy (non-hydrogen) atoms. The summed E-state index contributed by atoms with van der Waals surface area (Å²) in [5.41, 5.74) is 11.4. The van der Waals surface area contributed by atoms with E-state index in [9.17, 15) is 0 Å². The molecule has 0 saturated heterocycles. The maximum Gasteiger partial charge on any atom is 0.0195 e. The summed E-state index contributed by atoms with van der Waals surface area (Å²) in [5, 5.41) is 0. The van der Waals surface area contributed by atoms with Crippen LogP contribution in [0.5, 0.6) is 0 Å². The Morgan fingerprint density at radius 3 is 2.52 bits per heavy atom. The number of allylic oxidation sites excluding steroid dienone is 6. The average Bonchev–Trinajstić information content (AvgIpc) is 2.91. The van der Waals surface area contributed by atoms with Crippen LogP contribution in [0.3, 0.4) is 0 Å². The Labute approximate surface area is 144 Å². The monoisotopic (exact) mass is 315 g/mol. The fourth-order valence-corrected chi connectivity index (χ4v) is 3.86. The van der Waals surface area contributed by atoms with Crippen molar-refractivity contribution in [2.75, 3.05) is 0 Å². The lowest BCUT2D eigenvalue weighted by Crippen LogP contribution is -2.42. The van der Waals surface area contributed by atoms with Crippen molar-refractivity contribution in [1.29, 1.82) is 0 Å². The van der Waals surface area contributed by atoms with Crippen LogP contribution in [0, 0.1) is 5.92 Å². The van der Waals surface area contributed by atoms with E-state index < -0.39 is 0 Å². The van der Waals surface area contributed by atoms with Gasteiger partial charge in [0, 0.05) is 5.54 Å². The van der Waals surface area contributed by atoms with E-state index in [0.717, 1.165) is 31.6 Å². The molecule has 0 amide bonds. The largest absolute Gasteiger partial charge is 0.325 e. The first-order valence-corrected chi connectivity index (χ1v) is 9.38. The van der Waals surface area contributed by atoms with Crippen LogP contribution in [0.25, 0.3) is 0 Å². The van der Waals surface area contributed by atoms with Crippen molar-refractivity contribution < 1.29 is 0 Å². The highest BCUT2D eigenvalue weighted by Crippen LogP contribution is 2.38. The second kappa shape index (κ2) is 9.93. The maximum atomic E-state index is 6.67. The van der Waals surface area contributed by atoms with Crippen molar-refractivity contribution in [2.45, 2.75) is 84.6 Å². The van der Waals surface area contributed by atoms with Crippen molar-refractivity contribution in [2.24, 2.45) is 11.7 Å². The minimum atomic E-state index is 0.0533. The van der Waals surface area contributed by atoms with Gasteiger partial charge in [-0.25, -0.2) is 0 Å². The molecule has 2 N–H and O–H groups in total. The van der Waals surface area contributed by atoms with Gasteiger partial charge in [0.05, 0.1) is 0 Å². The number of rotatable bonds is 5. The number of hydrogen-bond donors (Lipinski definition) is 1. The predicted molar refractivity (Wildman–Crippen MR) is 104 cm³/mol. The topological polar surface area (TPSA) is 26.0 Å². The van der Waals surface area contributed by atoms with E-state index in [0.29, 0.717) is 0 Å². The average molecular weight is 316 g/mol. The molecule has 2 aliphatic carbocycles. The molecule has 2 aliphatic rings. The van der Waals surface area contributed by atoms with Crippen molar-refractivity contribution in [3.05, 3.63) is 47.6 Å². The maximum absolute atomic E-state index is 6.67. The molecule has 0 aliphatic heterocycles. The molecule has 2 rings (SSSR count). The second-order valence-electron chi connectivity index (χ2n) is 7.26. The van der Waals surface area contributed by atoms with Gasteiger partial charge in [0.15, 0.2) is 0 Å². The van der Waals surface area contributed by atoms with Crippen LogP contribution in [-0.2, 0) is 0 Å². The standard InChI is InChI=1S/C19H31N.C3H6/c1-4-6-17(5-2)18-9-11-19(20,12-10-18)14-16-8-7-15(3)13-16;1-3-2/h6-7,9,16H,4-5,8,10-14,20H2,1-3H3;3H,1H2,2H3/b17-6+;. The van der Waals surface area contributed by atoms with E-state index in [2.05, 4.69) is 45.6 Å². The van der Waals surface area contributed by atoms with Crippen molar-refractivity contribution >= 4 is 0 Å². The minimum absolute atomic E-state index is 0.0533. The third kappa shape index (κ3) is 6.51. The summed E-state index contributed by atoms with van der Waals surface area (Å²) in [6.45, 7) is 12.0. The first-order valence-electron chi connectivity index (χ1n) is 9.38. The van der Waals surface area contributed by atoms with Gasteiger partial charge in [-0.1, -0.05) is 43.7 Å². The summed E-state index contributed by atoms with van der Waals surface area (Å²) >= 11 is 0. The Kier molecular flexibility index (Phi) is 8.62. The molecule has 0 saturated carbocycles. The van der Waals surface area contributed by atoms with Crippen molar-refractivity contribution in [1.82, 2.24) is 0 Å². The van der Waals surface area contributed by atoms with Gasteiger partial charge in [0.2, 0.25) is 0 Å². The second-order valence-corrected chi connectivity index (χ2v) is 7.26. The molecule has 2 unspecified atom stereocenters. The Morgan fingerprint density at radius 2 is 2.09 bits per heavy atom. The minimum Gasteiger partial charge on any atom is -0.325 e. The van der Waals surface area contributed by atoms with Gasteiger partial charge in [-0.15, -0.1) is 6.58 Å². The Bertz CT molecular complexity index is 466. The lowest BCUT2D eigenvalue weighted by molar-refractivity contribution is 0.295. The summed E-state index contributed by atoms with van der Waals surface area (Å²) < 4.78 is 0. The van der Waals surface area contributed by atoms with E-state index in [-0.39, 0.29) is 5.54 Å². The summed E-state index contributed by atoms with van der Waals surface area (Å²) in [5.74, 6) is 0.798. The molecule has 0 fully saturated rings. The van der Waals surface area contributed by atoms with Crippen molar-refractivity contribution in [3.63, 3.8) is 0 Å². The molecular weight excluding hydrogens is 278 g/mol. The van der Waals surface area contributed by atoms with E-state index in [4.69, 9.17) is 5.73 Å². The summed E-state index contributed by atoms with van der Waals surface area (Å²) in [7, 11) is 0. The van der Waals surface area contributed by atoms with Gasteiger partial charge in [-0.05, 0) is 82.3 Å². The first-order chi connectivity index (χ1) is 11.0. The van der Waals surface area contributed by atoms with Crippen LogP contribution in [0.1, 0.15) is 79.1 Å². The van der Waals surface area contributed by atoms with Crippen LogP contribution >= 0.6 is 0 Å². The highest BCUT2D eigenvalue weighted by molar-refractivity contribution is 5.33. The van der Waals surface area contributed by atoms with Crippen LogP contribution in [0.4, 0.5) is 0 Å². The van der Waals surface area contributed by atoms with Crippen LogP contribution in [0.15, 0.2) is 47.6 Å². The summed E-state index contributed by atoms with van der Waals surface area (Å²) in [6.07, 6.45) is 18.4. The van der Waals surface area contributed by atoms with Crippen molar-refractivity contribution in [3.8, 4) is 0 Å². The Balaban J connectivity index is 0.000000816. The van der Waals surface area contributed by atoms with Crippen LogP contribution < -0.4 is 5.73 Å². The molecule has 0 radical (unpaired) electrons. The zero-order valence-electron chi connectivity index (χ0n) is 15.8. The van der Waals surface area contributed by atoms with Gasteiger partial charge in [-0.2, -0.15) is 0 Å². The van der Waals surface area contributed by atoms with Gasteiger partial charge in [0.1, 0.15) is 0 Å². The smallest absolute Gasteiger partial charge is 0.0195 e. The zero-order valence-corrected chi connectivity index (χ0v) is 15.8. The normalized spacial score (nSPS) is 27.7. The summed E-state index contributed by atoms with van der Waals surface area (Å²) in [4.78, 5) is 0. The molecule has 0 heterocycles. The van der Waals surface area contributed by atoms with E-state index >= 15 is 0 Å². The fraction of sp³-hybridized carbons (Fsp3) is 0.636. The van der Waals surface area contributed by atoms with Gasteiger partial charge < -0.3 is 5.73 Å². The Morgan fingerprint density at radius 1 is 1.39 bits per heavy atom. The molecule has 1 nitrogen and oxygen atoms in total. The third-order valence-corrected chi connectivity index (χ3v) is 5.00. The summed E-state index contributed by atoms with van der Waals surface area (Å²) in [6, 6.07) is 0. The van der Waals surface area contributed by atoms with Gasteiger partial charge >= 0.3 is 0 Å². The zero-order chi connectivity index (χ0) is 17.3.